The van der Waals surface area contributed by atoms with E-state index < -0.39 is 5.97 Å². The van der Waals surface area contributed by atoms with Crippen molar-refractivity contribution in [2.75, 3.05) is 0 Å². The number of rotatable bonds is 4. The van der Waals surface area contributed by atoms with Crippen molar-refractivity contribution >= 4 is 29.3 Å². The number of carbonyl (C=O) groups is 1. The number of nitrogens with zero attached hydrogens (tertiary/aromatic N) is 4. The molecule has 0 aliphatic heterocycles. The van der Waals surface area contributed by atoms with Gasteiger partial charge in [-0.2, -0.15) is 4.37 Å². The summed E-state index contributed by atoms with van der Waals surface area (Å²) in [5, 5.41) is 8.95. The summed E-state index contributed by atoms with van der Waals surface area (Å²) in [5.74, 6) is 0.145. The minimum Gasteiger partial charge on any atom is -0.478 e. The molecule has 2 aromatic rings. The maximum Gasteiger partial charge on any atom is 0.339 e. The van der Waals surface area contributed by atoms with Crippen LogP contribution in [0.5, 0.6) is 0 Å². The van der Waals surface area contributed by atoms with E-state index in [0.29, 0.717) is 11.4 Å². The van der Waals surface area contributed by atoms with Crippen LogP contribution in [0.15, 0.2) is 16.9 Å². The topological polar surface area (TPSA) is 88.9 Å². The summed E-state index contributed by atoms with van der Waals surface area (Å²) in [6.07, 6.45) is 2.64. The van der Waals surface area contributed by atoms with Crippen LogP contribution >= 0.6 is 23.3 Å². The number of aromatic nitrogens is 4. The van der Waals surface area contributed by atoms with Crippen molar-refractivity contribution in [2.24, 2.45) is 0 Å². The molecule has 0 saturated heterocycles. The third-order valence-corrected chi connectivity index (χ3v) is 3.80. The largest absolute Gasteiger partial charge is 0.478 e. The number of carboxylic acids is 1. The monoisotopic (exact) mass is 268 g/mol. The Labute approximate surface area is 105 Å². The van der Waals surface area contributed by atoms with Crippen LogP contribution in [0.1, 0.15) is 21.9 Å². The Hall–Kier alpha value is -1.54. The highest BCUT2D eigenvalue weighted by Crippen LogP contribution is 2.24. The van der Waals surface area contributed by atoms with E-state index in [0.717, 1.165) is 10.2 Å². The summed E-state index contributed by atoms with van der Waals surface area (Å²) in [6.45, 7) is 1.81. The number of hydrogen-bond donors (Lipinski definition) is 1. The van der Waals surface area contributed by atoms with Crippen molar-refractivity contribution in [1.29, 1.82) is 0 Å². The Bertz CT molecular complexity index is 543. The van der Waals surface area contributed by atoms with Crippen molar-refractivity contribution in [3.8, 4) is 0 Å². The molecule has 0 atom stereocenters. The molecule has 0 unspecified atom stereocenters. The fourth-order valence-corrected chi connectivity index (χ4v) is 2.73. The van der Waals surface area contributed by atoms with Crippen molar-refractivity contribution in [2.45, 2.75) is 17.0 Å². The first kappa shape index (κ1) is 11.9. The lowest BCUT2D eigenvalue weighted by molar-refractivity contribution is 0.0695. The van der Waals surface area contributed by atoms with E-state index in [2.05, 4.69) is 19.3 Å². The second-order valence-electron chi connectivity index (χ2n) is 3.08. The lowest BCUT2D eigenvalue weighted by Gasteiger charge is -2.01. The molecular weight excluding hydrogens is 260 g/mol. The molecule has 2 heterocycles. The van der Waals surface area contributed by atoms with Gasteiger partial charge in [0.15, 0.2) is 4.34 Å². The minimum atomic E-state index is -1.02. The summed E-state index contributed by atoms with van der Waals surface area (Å²) in [4.78, 5) is 22.8. The fraction of sp³-hybridized carbons (Fsp3) is 0.222. The number of carboxylic acid groups (broad SMARTS) is 1. The summed E-state index contributed by atoms with van der Waals surface area (Å²) < 4.78 is 4.85. The van der Waals surface area contributed by atoms with Crippen molar-refractivity contribution < 1.29 is 9.90 Å². The van der Waals surface area contributed by atoms with Gasteiger partial charge in [0.2, 0.25) is 0 Å². The SMILES string of the molecule is Cc1nsc(SCc2ncncc2C(=O)O)n1. The van der Waals surface area contributed by atoms with Crippen LogP contribution in [0, 0.1) is 6.92 Å². The van der Waals surface area contributed by atoms with Crippen LogP contribution in [-0.2, 0) is 5.75 Å². The highest BCUT2D eigenvalue weighted by Gasteiger charge is 2.12. The standard InChI is InChI=1S/C9H8N4O2S2/c1-5-12-9(17-13-5)16-3-7-6(8(14)15)2-10-4-11-7/h2,4H,3H2,1H3,(H,14,15). The predicted molar refractivity (Wildman–Crippen MR) is 63.2 cm³/mol. The summed E-state index contributed by atoms with van der Waals surface area (Å²) >= 11 is 2.71. The first-order valence-electron chi connectivity index (χ1n) is 4.62. The zero-order chi connectivity index (χ0) is 12.3. The first-order valence-corrected chi connectivity index (χ1v) is 6.38. The van der Waals surface area contributed by atoms with Crippen molar-refractivity contribution in [1.82, 2.24) is 19.3 Å². The van der Waals surface area contributed by atoms with Crippen LogP contribution in [0.25, 0.3) is 0 Å². The van der Waals surface area contributed by atoms with Gasteiger partial charge >= 0.3 is 5.97 Å². The molecule has 0 radical (unpaired) electrons. The number of aromatic carboxylic acids is 1. The molecule has 0 aliphatic rings. The average molecular weight is 268 g/mol. The summed E-state index contributed by atoms with van der Waals surface area (Å²) in [5.41, 5.74) is 0.617. The van der Waals surface area contributed by atoms with Crippen LogP contribution in [0.4, 0.5) is 0 Å². The quantitative estimate of drug-likeness (QED) is 0.843. The van der Waals surface area contributed by atoms with E-state index in [-0.39, 0.29) is 5.56 Å². The maximum atomic E-state index is 10.9. The molecule has 0 fully saturated rings. The second kappa shape index (κ2) is 5.19. The molecule has 0 aromatic carbocycles. The van der Waals surface area contributed by atoms with Gasteiger partial charge in [-0.05, 0) is 18.5 Å². The molecule has 2 rings (SSSR count). The Balaban J connectivity index is 2.11. The molecule has 0 amide bonds. The van der Waals surface area contributed by atoms with E-state index in [1.54, 1.807) is 0 Å². The van der Waals surface area contributed by atoms with Crippen LogP contribution in [0.3, 0.4) is 0 Å². The molecule has 88 valence electrons. The fourth-order valence-electron chi connectivity index (χ4n) is 1.12. The van der Waals surface area contributed by atoms with E-state index in [1.807, 2.05) is 6.92 Å². The van der Waals surface area contributed by atoms with E-state index in [4.69, 9.17) is 5.11 Å². The molecule has 2 aromatic heterocycles. The van der Waals surface area contributed by atoms with Gasteiger partial charge in [0.1, 0.15) is 17.7 Å². The molecule has 0 spiro atoms. The number of hydrogen-bond acceptors (Lipinski definition) is 7. The van der Waals surface area contributed by atoms with Gasteiger partial charge < -0.3 is 5.11 Å². The Morgan fingerprint density at radius 3 is 3.06 bits per heavy atom. The Kier molecular flexibility index (Phi) is 3.64. The Morgan fingerprint density at radius 1 is 1.59 bits per heavy atom. The smallest absolute Gasteiger partial charge is 0.339 e. The van der Waals surface area contributed by atoms with E-state index in [9.17, 15) is 4.79 Å². The molecule has 0 aliphatic carbocycles. The predicted octanol–water partition coefficient (Wildman–Crippen LogP) is 1.63. The number of thioether (sulfide) groups is 1. The van der Waals surface area contributed by atoms with Gasteiger partial charge in [-0.3, -0.25) is 0 Å². The molecule has 1 N–H and O–H groups in total. The van der Waals surface area contributed by atoms with Gasteiger partial charge in [-0.15, -0.1) is 0 Å². The molecule has 6 nitrogen and oxygen atoms in total. The van der Waals surface area contributed by atoms with E-state index in [1.165, 1.54) is 35.8 Å². The third-order valence-electron chi connectivity index (χ3n) is 1.87. The van der Waals surface area contributed by atoms with E-state index >= 15 is 0 Å². The van der Waals surface area contributed by atoms with Gasteiger partial charge in [-0.1, -0.05) is 11.8 Å². The van der Waals surface area contributed by atoms with Crippen LogP contribution in [-0.4, -0.2) is 30.4 Å². The maximum absolute atomic E-state index is 10.9. The van der Waals surface area contributed by atoms with Crippen LogP contribution < -0.4 is 0 Å². The average Bonchev–Trinajstić information content (AvgIpc) is 2.73. The van der Waals surface area contributed by atoms with Gasteiger partial charge in [0.05, 0.1) is 5.69 Å². The van der Waals surface area contributed by atoms with Crippen molar-refractivity contribution in [3.05, 3.63) is 29.6 Å². The minimum absolute atomic E-state index is 0.126. The molecule has 0 saturated carbocycles. The molecule has 17 heavy (non-hydrogen) atoms. The first-order chi connectivity index (χ1) is 8.16. The Morgan fingerprint density at radius 2 is 2.41 bits per heavy atom. The third kappa shape index (κ3) is 2.98. The molecule has 8 heteroatoms. The highest BCUT2D eigenvalue weighted by atomic mass is 32.2. The zero-order valence-corrected chi connectivity index (χ0v) is 10.5. The molecule has 0 bridgehead atoms. The summed E-state index contributed by atoms with van der Waals surface area (Å²) in [7, 11) is 0. The van der Waals surface area contributed by atoms with Gasteiger partial charge in [0, 0.05) is 11.9 Å². The zero-order valence-electron chi connectivity index (χ0n) is 8.82. The van der Waals surface area contributed by atoms with Crippen molar-refractivity contribution in [3.63, 3.8) is 0 Å². The lowest BCUT2D eigenvalue weighted by atomic mass is 10.2. The lowest BCUT2D eigenvalue weighted by Crippen LogP contribution is -2.04. The normalized spacial score (nSPS) is 10.4. The van der Waals surface area contributed by atoms with Gasteiger partial charge in [-0.25, -0.2) is 19.7 Å². The highest BCUT2D eigenvalue weighted by molar-refractivity contribution is 8.00. The number of aryl methyl sites for hydroxylation is 1. The molecular formula is C9H8N4O2S2. The van der Waals surface area contributed by atoms with Crippen LogP contribution in [0.2, 0.25) is 0 Å². The second-order valence-corrected chi connectivity index (χ2v) is 5.06. The van der Waals surface area contributed by atoms with Gasteiger partial charge in [0.25, 0.3) is 0 Å². The summed E-state index contributed by atoms with van der Waals surface area (Å²) in [6, 6.07) is 0.